The molecule has 114 valence electrons. The van der Waals surface area contributed by atoms with E-state index in [9.17, 15) is 0 Å². The van der Waals surface area contributed by atoms with Crippen LogP contribution >= 0.6 is 24.0 Å². The van der Waals surface area contributed by atoms with Crippen LogP contribution in [0.4, 0.5) is 0 Å². The van der Waals surface area contributed by atoms with Gasteiger partial charge in [-0.3, -0.25) is 9.98 Å². The fourth-order valence-corrected chi connectivity index (χ4v) is 1.85. The summed E-state index contributed by atoms with van der Waals surface area (Å²) < 4.78 is 0. The average molecular weight is 390 g/mol. The predicted molar refractivity (Wildman–Crippen MR) is 96.9 cm³/mol. The normalized spacial score (nSPS) is 10.8. The molecule has 1 aromatic rings. The topological polar surface area (TPSA) is 49.3 Å². The smallest absolute Gasteiger partial charge is 0.190 e. The first-order chi connectivity index (χ1) is 9.36. The zero-order chi connectivity index (χ0) is 13.8. The molecule has 0 aliphatic rings. The molecule has 1 heterocycles. The van der Waals surface area contributed by atoms with E-state index in [0.717, 1.165) is 25.5 Å². The van der Waals surface area contributed by atoms with Gasteiger partial charge in [-0.25, -0.2) is 0 Å². The molecule has 1 rings (SSSR count). The lowest BCUT2D eigenvalue weighted by Crippen LogP contribution is -2.38. The van der Waals surface area contributed by atoms with E-state index >= 15 is 0 Å². The molecule has 0 unspecified atom stereocenters. The Labute approximate surface area is 139 Å². The van der Waals surface area contributed by atoms with E-state index in [1.165, 1.54) is 31.2 Å². The molecular weight excluding hydrogens is 363 g/mol. The average Bonchev–Trinajstić information content (AvgIpc) is 2.46. The van der Waals surface area contributed by atoms with Crippen molar-refractivity contribution in [1.82, 2.24) is 15.6 Å². The zero-order valence-corrected chi connectivity index (χ0v) is 14.9. The van der Waals surface area contributed by atoms with Crippen molar-refractivity contribution in [2.75, 3.05) is 20.1 Å². The number of hydrogen-bond donors (Lipinski definition) is 2. The maximum absolute atomic E-state index is 4.22. The molecule has 1 aromatic heterocycles. The van der Waals surface area contributed by atoms with Crippen LogP contribution in [0.3, 0.4) is 0 Å². The molecule has 0 saturated heterocycles. The molecule has 0 bridgehead atoms. The van der Waals surface area contributed by atoms with Gasteiger partial charge in [-0.2, -0.15) is 0 Å². The van der Waals surface area contributed by atoms with Gasteiger partial charge in [0.1, 0.15) is 0 Å². The number of nitrogens with one attached hydrogen (secondary N) is 2. The van der Waals surface area contributed by atoms with E-state index in [1.54, 1.807) is 6.20 Å². The fraction of sp³-hybridized carbons (Fsp3) is 0.600. The third-order valence-corrected chi connectivity index (χ3v) is 2.98. The van der Waals surface area contributed by atoms with Crippen molar-refractivity contribution in [2.45, 2.75) is 39.0 Å². The number of aromatic nitrogens is 1. The number of unbranched alkanes of at least 4 members (excludes halogenated alkanes) is 3. The fourth-order valence-electron chi connectivity index (χ4n) is 1.85. The highest BCUT2D eigenvalue weighted by Crippen LogP contribution is 1.97. The van der Waals surface area contributed by atoms with E-state index in [-0.39, 0.29) is 24.0 Å². The Morgan fingerprint density at radius 2 is 2.00 bits per heavy atom. The molecule has 0 saturated carbocycles. The van der Waals surface area contributed by atoms with Crippen LogP contribution in [-0.2, 0) is 6.42 Å². The van der Waals surface area contributed by atoms with Crippen LogP contribution in [0.2, 0.25) is 0 Å². The summed E-state index contributed by atoms with van der Waals surface area (Å²) in [7, 11) is 1.81. The van der Waals surface area contributed by atoms with Gasteiger partial charge in [0.05, 0.1) is 0 Å². The van der Waals surface area contributed by atoms with E-state index < -0.39 is 0 Å². The van der Waals surface area contributed by atoms with Crippen LogP contribution in [0.15, 0.2) is 29.5 Å². The number of hydrogen-bond acceptors (Lipinski definition) is 2. The summed E-state index contributed by atoms with van der Waals surface area (Å²) in [5.74, 6) is 0.889. The predicted octanol–water partition coefficient (Wildman–Crippen LogP) is 2.99. The maximum atomic E-state index is 4.22. The largest absolute Gasteiger partial charge is 0.356 e. The summed E-state index contributed by atoms with van der Waals surface area (Å²) in [6, 6.07) is 4.06. The molecule has 0 aromatic carbocycles. The summed E-state index contributed by atoms with van der Waals surface area (Å²) in [5.41, 5.74) is 1.24. The van der Waals surface area contributed by atoms with Crippen molar-refractivity contribution >= 4 is 29.9 Å². The highest BCUT2D eigenvalue weighted by Gasteiger charge is 1.97. The van der Waals surface area contributed by atoms with Crippen LogP contribution in [0.5, 0.6) is 0 Å². The zero-order valence-electron chi connectivity index (χ0n) is 12.6. The van der Waals surface area contributed by atoms with E-state index in [1.807, 2.05) is 19.3 Å². The Morgan fingerprint density at radius 3 is 2.65 bits per heavy atom. The molecule has 0 radical (unpaired) electrons. The maximum Gasteiger partial charge on any atom is 0.190 e. The Kier molecular flexibility index (Phi) is 12.6. The minimum Gasteiger partial charge on any atom is -0.356 e. The van der Waals surface area contributed by atoms with E-state index in [0.29, 0.717) is 0 Å². The molecule has 20 heavy (non-hydrogen) atoms. The second kappa shape index (κ2) is 13.1. The molecular formula is C15H27IN4. The van der Waals surface area contributed by atoms with Crippen LogP contribution in [-0.4, -0.2) is 31.1 Å². The van der Waals surface area contributed by atoms with Gasteiger partial charge in [0.25, 0.3) is 0 Å². The molecule has 0 fully saturated rings. The lowest BCUT2D eigenvalue weighted by atomic mass is 10.2. The van der Waals surface area contributed by atoms with Crippen molar-refractivity contribution in [3.63, 3.8) is 0 Å². The quantitative estimate of drug-likeness (QED) is 0.311. The molecule has 0 atom stereocenters. The van der Waals surface area contributed by atoms with Crippen LogP contribution in [0, 0.1) is 0 Å². The minimum atomic E-state index is 0. The SMILES string of the molecule is CCCCCCNC(=NC)NCCc1cccnc1.I. The van der Waals surface area contributed by atoms with Gasteiger partial charge in [0.2, 0.25) is 0 Å². The molecule has 5 heteroatoms. The van der Waals surface area contributed by atoms with Gasteiger partial charge >= 0.3 is 0 Å². The van der Waals surface area contributed by atoms with Gasteiger partial charge in [-0.05, 0) is 24.5 Å². The summed E-state index contributed by atoms with van der Waals surface area (Å²) in [5, 5.41) is 6.66. The Morgan fingerprint density at radius 1 is 1.20 bits per heavy atom. The second-order valence-electron chi connectivity index (χ2n) is 4.60. The molecule has 0 aliphatic carbocycles. The van der Waals surface area contributed by atoms with Gasteiger partial charge < -0.3 is 10.6 Å². The number of aliphatic imine (C=N–C) groups is 1. The minimum absolute atomic E-state index is 0. The highest BCUT2D eigenvalue weighted by molar-refractivity contribution is 14.0. The van der Waals surface area contributed by atoms with Crippen molar-refractivity contribution in [2.24, 2.45) is 4.99 Å². The number of pyridine rings is 1. The van der Waals surface area contributed by atoms with E-state index in [4.69, 9.17) is 0 Å². The van der Waals surface area contributed by atoms with Crippen LogP contribution in [0.25, 0.3) is 0 Å². The Hall–Kier alpha value is -0.850. The molecule has 0 aliphatic heterocycles. The number of guanidine groups is 1. The van der Waals surface area contributed by atoms with Crippen LogP contribution < -0.4 is 10.6 Å². The van der Waals surface area contributed by atoms with Gasteiger partial charge in [-0.1, -0.05) is 32.3 Å². The third kappa shape index (κ3) is 9.12. The first-order valence-electron chi connectivity index (χ1n) is 7.20. The lowest BCUT2D eigenvalue weighted by Gasteiger charge is -2.11. The summed E-state index contributed by atoms with van der Waals surface area (Å²) >= 11 is 0. The van der Waals surface area contributed by atoms with Crippen LogP contribution in [0.1, 0.15) is 38.2 Å². The van der Waals surface area contributed by atoms with Crippen molar-refractivity contribution < 1.29 is 0 Å². The van der Waals surface area contributed by atoms with Gasteiger partial charge in [-0.15, -0.1) is 24.0 Å². The lowest BCUT2D eigenvalue weighted by molar-refractivity contribution is 0.647. The molecule has 2 N–H and O–H groups in total. The highest BCUT2D eigenvalue weighted by atomic mass is 127. The summed E-state index contributed by atoms with van der Waals surface area (Å²) in [4.78, 5) is 8.32. The van der Waals surface area contributed by atoms with Crippen molar-refractivity contribution in [3.8, 4) is 0 Å². The summed E-state index contributed by atoms with van der Waals surface area (Å²) in [6.07, 6.45) is 9.75. The standard InChI is InChI=1S/C15H26N4.HI/c1-3-4-5-6-11-18-15(16-2)19-12-9-14-8-7-10-17-13-14;/h7-8,10,13H,3-6,9,11-12H2,1-2H3,(H2,16,18,19);1H. The Balaban J connectivity index is 0.00000361. The second-order valence-corrected chi connectivity index (χ2v) is 4.60. The Bertz CT molecular complexity index is 354. The van der Waals surface area contributed by atoms with Crippen molar-refractivity contribution in [3.05, 3.63) is 30.1 Å². The first-order valence-corrected chi connectivity index (χ1v) is 7.20. The monoisotopic (exact) mass is 390 g/mol. The number of nitrogens with zero attached hydrogens (tertiary/aromatic N) is 2. The number of halogens is 1. The summed E-state index contributed by atoms with van der Waals surface area (Å²) in [6.45, 7) is 4.10. The van der Waals surface area contributed by atoms with Gasteiger partial charge in [0, 0.05) is 32.5 Å². The van der Waals surface area contributed by atoms with Crippen molar-refractivity contribution in [1.29, 1.82) is 0 Å². The third-order valence-electron chi connectivity index (χ3n) is 2.98. The molecule has 0 spiro atoms. The van der Waals surface area contributed by atoms with Gasteiger partial charge in [0.15, 0.2) is 5.96 Å². The van der Waals surface area contributed by atoms with E-state index in [2.05, 4.69) is 33.6 Å². The molecule has 4 nitrogen and oxygen atoms in total. The molecule has 0 amide bonds. The number of rotatable bonds is 8. The first kappa shape index (κ1) is 19.1.